The van der Waals surface area contributed by atoms with Gasteiger partial charge in [-0.15, -0.1) is 0 Å². The first-order chi connectivity index (χ1) is 8.56. The Bertz CT molecular complexity index is 564. The van der Waals surface area contributed by atoms with Crippen LogP contribution in [0, 0.1) is 19.7 Å². The lowest BCUT2D eigenvalue weighted by molar-refractivity contribution is 0.628. The molecule has 0 spiro atoms. The average Bonchev–Trinajstić information content (AvgIpc) is 2.34. The maximum atomic E-state index is 13.1. The summed E-state index contributed by atoms with van der Waals surface area (Å²) in [6.45, 7) is 4.79. The molecule has 2 aromatic rings. The zero-order chi connectivity index (χ0) is 13.1. The number of nitrogens with two attached hydrogens (primary N) is 1. The van der Waals surface area contributed by atoms with Crippen molar-refractivity contribution in [1.82, 2.24) is 0 Å². The number of halogens is 1. The number of hydrogen-bond acceptors (Lipinski definition) is 2. The van der Waals surface area contributed by atoms with Crippen molar-refractivity contribution < 1.29 is 4.39 Å². The van der Waals surface area contributed by atoms with Crippen LogP contribution < -0.4 is 11.1 Å². The van der Waals surface area contributed by atoms with Crippen molar-refractivity contribution >= 4 is 11.4 Å². The Morgan fingerprint density at radius 2 is 1.83 bits per heavy atom. The summed E-state index contributed by atoms with van der Waals surface area (Å²) in [5, 5.41) is 3.15. The van der Waals surface area contributed by atoms with Gasteiger partial charge in [0.2, 0.25) is 0 Å². The normalized spacial score (nSPS) is 10.4. The van der Waals surface area contributed by atoms with Crippen LogP contribution in [-0.4, -0.2) is 0 Å². The van der Waals surface area contributed by atoms with E-state index in [1.807, 2.05) is 0 Å². The lowest BCUT2D eigenvalue weighted by atomic mass is 10.1. The molecule has 0 aliphatic carbocycles. The molecule has 0 fully saturated rings. The summed E-state index contributed by atoms with van der Waals surface area (Å²) in [4.78, 5) is 0. The minimum Gasteiger partial charge on any atom is -0.397 e. The fraction of sp³-hybridized carbons (Fsp3) is 0.200. The Hall–Kier alpha value is -2.03. The third-order valence-electron chi connectivity index (χ3n) is 3.07. The monoisotopic (exact) mass is 244 g/mol. The number of benzene rings is 2. The fourth-order valence-corrected chi connectivity index (χ4v) is 1.79. The van der Waals surface area contributed by atoms with Gasteiger partial charge in [0, 0.05) is 6.54 Å². The predicted octanol–water partition coefficient (Wildman–Crippen LogP) is 3.64. The van der Waals surface area contributed by atoms with E-state index in [0.29, 0.717) is 17.9 Å². The van der Waals surface area contributed by atoms with E-state index >= 15 is 0 Å². The first kappa shape index (κ1) is 12.4. The van der Waals surface area contributed by atoms with Gasteiger partial charge in [0.15, 0.2) is 0 Å². The van der Waals surface area contributed by atoms with Crippen LogP contribution in [0.3, 0.4) is 0 Å². The van der Waals surface area contributed by atoms with Gasteiger partial charge in [-0.2, -0.15) is 0 Å². The molecule has 0 radical (unpaired) electrons. The third kappa shape index (κ3) is 2.80. The molecule has 0 bridgehead atoms. The highest BCUT2D eigenvalue weighted by Crippen LogP contribution is 2.20. The van der Waals surface area contributed by atoms with E-state index < -0.39 is 0 Å². The largest absolute Gasteiger partial charge is 0.397 e. The van der Waals surface area contributed by atoms with Crippen molar-refractivity contribution in [1.29, 1.82) is 0 Å². The molecular weight excluding hydrogens is 227 g/mol. The fourth-order valence-electron chi connectivity index (χ4n) is 1.79. The standard InChI is InChI=1S/C15H17FN2/c1-10-3-4-12(7-11(10)2)9-18-15-8-13(16)5-6-14(15)17/h3-8,18H,9,17H2,1-2H3. The summed E-state index contributed by atoms with van der Waals surface area (Å²) in [6.07, 6.45) is 0. The molecule has 3 N–H and O–H groups in total. The number of nitrogen functional groups attached to an aromatic ring is 1. The van der Waals surface area contributed by atoms with Crippen LogP contribution in [-0.2, 0) is 6.54 Å². The quantitative estimate of drug-likeness (QED) is 0.809. The number of anilines is 2. The molecule has 2 aromatic carbocycles. The smallest absolute Gasteiger partial charge is 0.125 e. The zero-order valence-electron chi connectivity index (χ0n) is 10.6. The van der Waals surface area contributed by atoms with Crippen molar-refractivity contribution in [3.63, 3.8) is 0 Å². The lowest BCUT2D eigenvalue weighted by Crippen LogP contribution is -2.03. The first-order valence-corrected chi connectivity index (χ1v) is 5.91. The second-order valence-electron chi connectivity index (χ2n) is 4.50. The molecule has 0 unspecified atom stereocenters. The van der Waals surface area contributed by atoms with Crippen LogP contribution in [0.4, 0.5) is 15.8 Å². The molecule has 0 atom stereocenters. The van der Waals surface area contributed by atoms with Crippen LogP contribution in [0.2, 0.25) is 0 Å². The van der Waals surface area contributed by atoms with Crippen LogP contribution >= 0.6 is 0 Å². The molecule has 3 heteroatoms. The van der Waals surface area contributed by atoms with Gasteiger partial charge in [0.25, 0.3) is 0 Å². The Morgan fingerprint density at radius 1 is 1.06 bits per heavy atom. The number of hydrogen-bond donors (Lipinski definition) is 2. The zero-order valence-corrected chi connectivity index (χ0v) is 10.6. The Kier molecular flexibility index (Phi) is 3.51. The molecule has 94 valence electrons. The Balaban J connectivity index is 2.11. The molecule has 0 heterocycles. The molecule has 2 nitrogen and oxygen atoms in total. The van der Waals surface area contributed by atoms with E-state index in [-0.39, 0.29) is 5.82 Å². The summed E-state index contributed by atoms with van der Waals surface area (Å²) in [6, 6.07) is 10.6. The highest BCUT2D eigenvalue weighted by molar-refractivity contribution is 5.65. The van der Waals surface area contributed by atoms with E-state index in [4.69, 9.17) is 5.73 Å². The second kappa shape index (κ2) is 5.08. The molecule has 0 saturated carbocycles. The van der Waals surface area contributed by atoms with Crippen LogP contribution in [0.1, 0.15) is 16.7 Å². The van der Waals surface area contributed by atoms with Gasteiger partial charge in [0.05, 0.1) is 11.4 Å². The predicted molar refractivity (Wildman–Crippen MR) is 74.1 cm³/mol. The van der Waals surface area contributed by atoms with Gasteiger partial charge in [0.1, 0.15) is 5.82 Å². The summed E-state index contributed by atoms with van der Waals surface area (Å²) in [7, 11) is 0. The minimum absolute atomic E-state index is 0.285. The van der Waals surface area contributed by atoms with Crippen LogP contribution in [0.25, 0.3) is 0 Å². The summed E-state index contributed by atoms with van der Waals surface area (Å²) >= 11 is 0. The van der Waals surface area contributed by atoms with Gasteiger partial charge < -0.3 is 11.1 Å². The van der Waals surface area contributed by atoms with Gasteiger partial charge in [-0.1, -0.05) is 18.2 Å². The molecular formula is C15H17FN2. The first-order valence-electron chi connectivity index (χ1n) is 5.91. The summed E-state index contributed by atoms with van der Waals surface area (Å²) < 4.78 is 13.1. The maximum Gasteiger partial charge on any atom is 0.125 e. The number of nitrogens with one attached hydrogen (secondary N) is 1. The van der Waals surface area contributed by atoms with Crippen LogP contribution in [0.5, 0.6) is 0 Å². The molecule has 2 rings (SSSR count). The van der Waals surface area contributed by atoms with Gasteiger partial charge >= 0.3 is 0 Å². The molecule has 0 aliphatic heterocycles. The van der Waals surface area contributed by atoms with Gasteiger partial charge in [-0.3, -0.25) is 0 Å². The van der Waals surface area contributed by atoms with Crippen molar-refractivity contribution in [2.24, 2.45) is 0 Å². The van der Waals surface area contributed by atoms with Crippen molar-refractivity contribution in [2.75, 3.05) is 11.1 Å². The SMILES string of the molecule is Cc1ccc(CNc2cc(F)ccc2N)cc1C. The third-order valence-corrected chi connectivity index (χ3v) is 3.07. The minimum atomic E-state index is -0.285. The average molecular weight is 244 g/mol. The molecule has 0 aromatic heterocycles. The van der Waals surface area contributed by atoms with E-state index in [1.54, 1.807) is 6.07 Å². The molecule has 0 amide bonds. The van der Waals surface area contributed by atoms with E-state index in [1.165, 1.54) is 23.3 Å². The van der Waals surface area contributed by atoms with Gasteiger partial charge in [-0.25, -0.2) is 4.39 Å². The van der Waals surface area contributed by atoms with E-state index in [2.05, 4.69) is 37.4 Å². The Labute approximate surface area is 107 Å². The topological polar surface area (TPSA) is 38.0 Å². The van der Waals surface area contributed by atoms with Crippen molar-refractivity contribution in [3.05, 3.63) is 58.9 Å². The molecule has 0 aliphatic rings. The molecule has 0 saturated heterocycles. The van der Waals surface area contributed by atoms with Crippen molar-refractivity contribution in [2.45, 2.75) is 20.4 Å². The van der Waals surface area contributed by atoms with Gasteiger partial charge in [-0.05, 0) is 48.7 Å². The van der Waals surface area contributed by atoms with Crippen molar-refractivity contribution in [3.8, 4) is 0 Å². The molecule has 18 heavy (non-hydrogen) atoms. The number of aryl methyl sites for hydroxylation is 2. The van der Waals surface area contributed by atoms with E-state index in [9.17, 15) is 4.39 Å². The summed E-state index contributed by atoms with van der Waals surface area (Å²) in [5.74, 6) is -0.285. The maximum absolute atomic E-state index is 13.1. The Morgan fingerprint density at radius 3 is 2.56 bits per heavy atom. The van der Waals surface area contributed by atoms with Crippen LogP contribution in [0.15, 0.2) is 36.4 Å². The summed E-state index contributed by atoms with van der Waals surface area (Å²) in [5.41, 5.74) is 10.6. The van der Waals surface area contributed by atoms with E-state index in [0.717, 1.165) is 5.56 Å². The number of rotatable bonds is 3. The highest BCUT2D eigenvalue weighted by Gasteiger charge is 2.01. The highest BCUT2D eigenvalue weighted by atomic mass is 19.1. The lowest BCUT2D eigenvalue weighted by Gasteiger charge is -2.10. The second-order valence-corrected chi connectivity index (χ2v) is 4.50.